The largest absolute Gasteiger partial charge is 0.378 e. The number of ether oxygens (including phenoxy) is 1. The van der Waals surface area contributed by atoms with Crippen LogP contribution in [0.25, 0.3) is 10.9 Å². The van der Waals surface area contributed by atoms with Gasteiger partial charge in [0.05, 0.1) is 23.8 Å². The van der Waals surface area contributed by atoms with Crippen LogP contribution in [0.3, 0.4) is 0 Å². The second kappa shape index (κ2) is 8.68. The van der Waals surface area contributed by atoms with Gasteiger partial charge in [0.1, 0.15) is 6.04 Å². The lowest BCUT2D eigenvalue weighted by atomic mass is 10.0. The Kier molecular flexibility index (Phi) is 5.83. The molecule has 0 radical (unpaired) electrons. The number of rotatable bonds is 5. The van der Waals surface area contributed by atoms with Gasteiger partial charge in [-0.1, -0.05) is 41.9 Å². The predicted octanol–water partition coefficient (Wildman–Crippen LogP) is 3.02. The Bertz CT molecular complexity index is 1030. The second-order valence-electron chi connectivity index (χ2n) is 7.01. The number of H-pyrrole nitrogens is 1. The lowest BCUT2D eigenvalue weighted by Gasteiger charge is -2.30. The molecule has 29 heavy (non-hydrogen) atoms. The third-order valence-corrected chi connectivity index (χ3v) is 5.47. The molecule has 2 aromatic carbocycles. The monoisotopic (exact) mass is 411 g/mol. The number of morpholine rings is 1. The number of nitrogens with one attached hydrogen (secondary N) is 2. The van der Waals surface area contributed by atoms with E-state index in [-0.39, 0.29) is 11.8 Å². The van der Waals surface area contributed by atoms with Crippen molar-refractivity contribution in [3.63, 3.8) is 0 Å². The van der Waals surface area contributed by atoms with Crippen molar-refractivity contribution in [1.29, 1.82) is 0 Å². The number of hydrogen-bond donors (Lipinski definition) is 2. The summed E-state index contributed by atoms with van der Waals surface area (Å²) < 4.78 is 5.36. The Balaban J connectivity index is 1.60. The van der Waals surface area contributed by atoms with Crippen LogP contribution >= 0.6 is 11.6 Å². The van der Waals surface area contributed by atoms with Gasteiger partial charge in [0.15, 0.2) is 0 Å². The molecular formula is C22H22ClN3O3. The Morgan fingerprint density at radius 1 is 1.10 bits per heavy atom. The van der Waals surface area contributed by atoms with Crippen LogP contribution in [0.2, 0.25) is 5.02 Å². The van der Waals surface area contributed by atoms with Crippen molar-refractivity contribution in [2.45, 2.75) is 12.5 Å². The number of fused-ring (bicyclic) bond motifs is 1. The molecule has 7 heteroatoms. The van der Waals surface area contributed by atoms with E-state index in [9.17, 15) is 9.59 Å². The summed E-state index contributed by atoms with van der Waals surface area (Å²) in [6.07, 6.45) is 2.28. The van der Waals surface area contributed by atoms with Crippen molar-refractivity contribution >= 4 is 34.3 Å². The van der Waals surface area contributed by atoms with Crippen LogP contribution in [0.1, 0.15) is 15.9 Å². The Morgan fingerprint density at radius 3 is 2.62 bits per heavy atom. The molecule has 2 amide bonds. The van der Waals surface area contributed by atoms with Gasteiger partial charge in [0.25, 0.3) is 5.91 Å². The first-order valence-electron chi connectivity index (χ1n) is 9.60. The number of para-hydroxylation sites is 1. The zero-order chi connectivity index (χ0) is 20.2. The number of amides is 2. The second-order valence-corrected chi connectivity index (χ2v) is 7.41. The SMILES string of the molecule is O=C(NC(Cc1c[nH]c2ccccc12)C(=O)N1CCOCC1)c1ccccc1Cl. The van der Waals surface area contributed by atoms with Gasteiger partial charge in [-0.25, -0.2) is 0 Å². The van der Waals surface area contributed by atoms with E-state index in [1.807, 2.05) is 30.5 Å². The summed E-state index contributed by atoms with van der Waals surface area (Å²) >= 11 is 6.17. The third-order valence-electron chi connectivity index (χ3n) is 5.14. The standard InChI is InChI=1S/C22H22ClN3O3/c23-18-7-3-1-6-17(18)21(27)25-20(22(28)26-9-11-29-12-10-26)13-15-14-24-19-8-4-2-5-16(15)19/h1-8,14,20,24H,9-13H2,(H,25,27). The number of benzene rings is 2. The molecule has 1 aromatic heterocycles. The van der Waals surface area contributed by atoms with E-state index in [1.165, 1.54) is 0 Å². The maximum Gasteiger partial charge on any atom is 0.253 e. The van der Waals surface area contributed by atoms with E-state index in [0.29, 0.717) is 43.3 Å². The molecule has 150 valence electrons. The summed E-state index contributed by atoms with van der Waals surface area (Å²) in [5.74, 6) is -0.471. The molecule has 1 unspecified atom stereocenters. The minimum atomic E-state index is -0.698. The zero-order valence-electron chi connectivity index (χ0n) is 15.9. The van der Waals surface area contributed by atoms with Crippen LogP contribution in [0, 0.1) is 0 Å². The van der Waals surface area contributed by atoms with Crippen molar-refractivity contribution in [2.75, 3.05) is 26.3 Å². The fourth-order valence-corrected chi connectivity index (χ4v) is 3.83. The number of aromatic nitrogens is 1. The van der Waals surface area contributed by atoms with Gasteiger partial charge in [-0.3, -0.25) is 9.59 Å². The summed E-state index contributed by atoms with van der Waals surface area (Å²) in [6, 6.07) is 14.0. The Hall–Kier alpha value is -2.83. The van der Waals surface area contributed by atoms with Gasteiger partial charge in [0, 0.05) is 36.6 Å². The van der Waals surface area contributed by atoms with Gasteiger partial charge in [-0.05, 0) is 23.8 Å². The molecule has 3 aromatic rings. The normalized spacial score (nSPS) is 15.3. The molecule has 4 rings (SSSR count). The highest BCUT2D eigenvalue weighted by Gasteiger charge is 2.29. The molecule has 6 nitrogen and oxygen atoms in total. The first-order chi connectivity index (χ1) is 14.1. The van der Waals surface area contributed by atoms with E-state index in [2.05, 4.69) is 10.3 Å². The van der Waals surface area contributed by atoms with Crippen LogP contribution in [0.15, 0.2) is 54.7 Å². The molecule has 1 atom stereocenters. The number of hydrogen-bond acceptors (Lipinski definition) is 3. The minimum absolute atomic E-state index is 0.112. The van der Waals surface area contributed by atoms with Gasteiger partial charge in [-0.2, -0.15) is 0 Å². The number of carbonyl (C=O) groups is 2. The first-order valence-corrected chi connectivity index (χ1v) is 9.98. The number of nitrogens with zero attached hydrogens (tertiary/aromatic N) is 1. The quantitative estimate of drug-likeness (QED) is 0.677. The van der Waals surface area contributed by atoms with E-state index in [1.54, 1.807) is 29.2 Å². The van der Waals surface area contributed by atoms with Gasteiger partial charge < -0.3 is 19.9 Å². The van der Waals surface area contributed by atoms with E-state index >= 15 is 0 Å². The highest BCUT2D eigenvalue weighted by atomic mass is 35.5. The van der Waals surface area contributed by atoms with E-state index in [4.69, 9.17) is 16.3 Å². The van der Waals surface area contributed by atoms with Crippen molar-refractivity contribution in [1.82, 2.24) is 15.2 Å². The van der Waals surface area contributed by atoms with Crippen LogP contribution in [-0.4, -0.2) is 54.0 Å². The summed E-state index contributed by atoms with van der Waals surface area (Å²) in [4.78, 5) is 31.1. The molecule has 1 fully saturated rings. The molecule has 1 saturated heterocycles. The van der Waals surface area contributed by atoms with E-state index in [0.717, 1.165) is 16.5 Å². The average molecular weight is 412 g/mol. The molecule has 2 N–H and O–H groups in total. The smallest absolute Gasteiger partial charge is 0.253 e. The van der Waals surface area contributed by atoms with Crippen molar-refractivity contribution in [3.05, 3.63) is 70.9 Å². The predicted molar refractivity (Wildman–Crippen MR) is 112 cm³/mol. The molecule has 0 saturated carbocycles. The minimum Gasteiger partial charge on any atom is -0.378 e. The third kappa shape index (κ3) is 4.28. The van der Waals surface area contributed by atoms with Gasteiger partial charge in [-0.15, -0.1) is 0 Å². The van der Waals surface area contributed by atoms with Crippen LogP contribution in [-0.2, 0) is 16.0 Å². The van der Waals surface area contributed by atoms with Crippen molar-refractivity contribution < 1.29 is 14.3 Å². The highest BCUT2D eigenvalue weighted by molar-refractivity contribution is 6.33. The van der Waals surface area contributed by atoms with Gasteiger partial charge >= 0.3 is 0 Å². The fourth-order valence-electron chi connectivity index (χ4n) is 3.61. The van der Waals surface area contributed by atoms with Crippen molar-refractivity contribution in [2.24, 2.45) is 0 Å². The first kappa shape index (κ1) is 19.5. The number of aromatic amines is 1. The lowest BCUT2D eigenvalue weighted by molar-refractivity contribution is -0.137. The maximum atomic E-state index is 13.2. The number of carbonyl (C=O) groups excluding carboxylic acids is 2. The molecule has 0 aliphatic carbocycles. The van der Waals surface area contributed by atoms with Crippen LogP contribution in [0.5, 0.6) is 0 Å². The van der Waals surface area contributed by atoms with Gasteiger partial charge in [0.2, 0.25) is 5.91 Å². The molecule has 1 aliphatic heterocycles. The summed E-state index contributed by atoms with van der Waals surface area (Å²) in [7, 11) is 0. The summed E-state index contributed by atoms with van der Waals surface area (Å²) in [6.45, 7) is 2.05. The lowest BCUT2D eigenvalue weighted by Crippen LogP contribution is -2.52. The van der Waals surface area contributed by atoms with Crippen molar-refractivity contribution in [3.8, 4) is 0 Å². The maximum absolute atomic E-state index is 13.2. The van der Waals surface area contributed by atoms with Crippen LogP contribution < -0.4 is 5.32 Å². The summed E-state index contributed by atoms with van der Waals surface area (Å²) in [5, 5.41) is 4.30. The highest BCUT2D eigenvalue weighted by Crippen LogP contribution is 2.21. The fraction of sp³-hybridized carbons (Fsp3) is 0.273. The molecule has 0 spiro atoms. The average Bonchev–Trinajstić information content (AvgIpc) is 3.16. The summed E-state index contributed by atoms with van der Waals surface area (Å²) in [5.41, 5.74) is 2.33. The molecule has 1 aliphatic rings. The molecule has 0 bridgehead atoms. The Morgan fingerprint density at radius 2 is 1.83 bits per heavy atom. The Labute approximate surface area is 173 Å². The number of halogens is 1. The van der Waals surface area contributed by atoms with E-state index < -0.39 is 6.04 Å². The zero-order valence-corrected chi connectivity index (χ0v) is 16.6. The topological polar surface area (TPSA) is 74.4 Å². The molecular weight excluding hydrogens is 390 g/mol. The molecule has 2 heterocycles. The van der Waals surface area contributed by atoms with Crippen LogP contribution in [0.4, 0.5) is 0 Å².